The van der Waals surface area contributed by atoms with Gasteiger partial charge in [0, 0.05) is 43.1 Å². The predicted octanol–water partition coefficient (Wildman–Crippen LogP) is 3.83. The second kappa shape index (κ2) is 7.17. The van der Waals surface area contributed by atoms with Crippen molar-refractivity contribution in [3.8, 4) is 5.75 Å². The fourth-order valence-corrected chi connectivity index (χ4v) is 2.97. The minimum Gasteiger partial charge on any atom is -0.496 e. The van der Waals surface area contributed by atoms with E-state index in [2.05, 4.69) is 9.88 Å². The minimum atomic E-state index is -0.372. The van der Waals surface area contributed by atoms with E-state index >= 15 is 0 Å². The van der Waals surface area contributed by atoms with Gasteiger partial charge >= 0.3 is 0 Å². The third kappa shape index (κ3) is 3.38. The number of hydrogen-bond donors (Lipinski definition) is 0. The molecule has 0 unspecified atom stereocenters. The van der Waals surface area contributed by atoms with Crippen LogP contribution in [-0.2, 0) is 6.42 Å². The number of nitrogens with zero attached hydrogens (tertiary/aromatic N) is 3. The molecule has 0 atom stereocenters. The molecule has 2 aromatic carbocycles. The molecule has 6 nitrogen and oxygen atoms in total. The van der Waals surface area contributed by atoms with E-state index in [0.29, 0.717) is 5.39 Å². The molecule has 0 spiro atoms. The van der Waals surface area contributed by atoms with Crippen molar-refractivity contribution in [1.82, 2.24) is 4.98 Å². The first-order chi connectivity index (χ1) is 12.1. The van der Waals surface area contributed by atoms with Crippen molar-refractivity contribution in [3.05, 3.63) is 70.5 Å². The molecule has 0 amide bonds. The number of benzene rings is 2. The molecule has 6 heteroatoms. The standard InChI is InChI=1S/C19H19N3O3/c1-21(12-10-14-5-3-4-6-19(14)25-2)17-7-8-18(22(23)24)16-13-20-11-9-15(16)17/h3-9,11,13H,10,12H2,1-2H3. The summed E-state index contributed by atoms with van der Waals surface area (Å²) in [6.45, 7) is 0.760. The first-order valence-corrected chi connectivity index (χ1v) is 7.96. The van der Waals surface area contributed by atoms with E-state index in [0.717, 1.165) is 35.4 Å². The monoisotopic (exact) mass is 337 g/mol. The summed E-state index contributed by atoms with van der Waals surface area (Å²) in [6.07, 6.45) is 4.01. The van der Waals surface area contributed by atoms with Gasteiger partial charge in [-0.1, -0.05) is 18.2 Å². The molecule has 0 aliphatic rings. The van der Waals surface area contributed by atoms with E-state index in [1.165, 1.54) is 0 Å². The Morgan fingerprint density at radius 2 is 1.96 bits per heavy atom. The van der Waals surface area contributed by atoms with Crippen molar-refractivity contribution in [3.63, 3.8) is 0 Å². The number of hydrogen-bond acceptors (Lipinski definition) is 5. The number of ether oxygens (including phenoxy) is 1. The largest absolute Gasteiger partial charge is 0.496 e. The molecule has 0 fully saturated rings. The number of nitro groups is 1. The SMILES string of the molecule is COc1ccccc1CCN(C)c1ccc([N+](=O)[O-])c2cnccc12. The molecular weight excluding hydrogens is 318 g/mol. The molecule has 0 bridgehead atoms. The van der Waals surface area contributed by atoms with Crippen molar-refractivity contribution in [2.75, 3.05) is 25.6 Å². The van der Waals surface area contributed by atoms with E-state index in [4.69, 9.17) is 4.74 Å². The predicted molar refractivity (Wildman–Crippen MR) is 98.4 cm³/mol. The Bertz CT molecular complexity index is 911. The smallest absolute Gasteiger partial charge is 0.278 e. The molecule has 1 aromatic heterocycles. The van der Waals surface area contributed by atoms with Gasteiger partial charge in [-0.25, -0.2) is 0 Å². The molecule has 3 aromatic rings. The Hall–Kier alpha value is -3.15. The van der Waals surface area contributed by atoms with E-state index in [9.17, 15) is 10.1 Å². The summed E-state index contributed by atoms with van der Waals surface area (Å²) < 4.78 is 5.39. The zero-order chi connectivity index (χ0) is 17.8. The van der Waals surface area contributed by atoms with Gasteiger partial charge in [-0.2, -0.15) is 0 Å². The first kappa shape index (κ1) is 16.7. The van der Waals surface area contributed by atoms with Crippen LogP contribution >= 0.6 is 0 Å². The number of rotatable bonds is 6. The molecule has 25 heavy (non-hydrogen) atoms. The maximum absolute atomic E-state index is 11.2. The number of para-hydroxylation sites is 1. The topological polar surface area (TPSA) is 68.5 Å². The molecule has 0 radical (unpaired) electrons. The highest BCUT2D eigenvalue weighted by Gasteiger charge is 2.16. The number of non-ortho nitro benzene ring substituents is 1. The number of pyridine rings is 1. The molecule has 0 aliphatic heterocycles. The van der Waals surface area contributed by atoms with Gasteiger partial charge in [-0.15, -0.1) is 0 Å². The van der Waals surface area contributed by atoms with Crippen molar-refractivity contribution in [1.29, 1.82) is 0 Å². The van der Waals surface area contributed by atoms with Crippen molar-refractivity contribution < 1.29 is 9.66 Å². The van der Waals surface area contributed by atoms with Crippen LogP contribution in [0.1, 0.15) is 5.56 Å². The summed E-state index contributed by atoms with van der Waals surface area (Å²) in [5.74, 6) is 0.869. The van der Waals surface area contributed by atoms with E-state index in [1.807, 2.05) is 37.4 Å². The lowest BCUT2D eigenvalue weighted by Crippen LogP contribution is -2.20. The van der Waals surface area contributed by atoms with Crippen LogP contribution in [0.3, 0.4) is 0 Å². The van der Waals surface area contributed by atoms with Crippen LogP contribution in [0.15, 0.2) is 54.9 Å². The van der Waals surface area contributed by atoms with Gasteiger partial charge in [0.05, 0.1) is 17.4 Å². The van der Waals surface area contributed by atoms with Crippen molar-refractivity contribution in [2.24, 2.45) is 0 Å². The van der Waals surface area contributed by atoms with Gasteiger partial charge in [0.2, 0.25) is 0 Å². The van der Waals surface area contributed by atoms with Gasteiger partial charge in [0.15, 0.2) is 0 Å². The summed E-state index contributed by atoms with van der Waals surface area (Å²) >= 11 is 0. The lowest BCUT2D eigenvalue weighted by molar-refractivity contribution is -0.383. The number of fused-ring (bicyclic) bond motifs is 1. The van der Waals surface area contributed by atoms with E-state index < -0.39 is 0 Å². The Morgan fingerprint density at radius 1 is 1.16 bits per heavy atom. The van der Waals surface area contributed by atoms with Crippen LogP contribution in [0.25, 0.3) is 10.8 Å². The highest BCUT2D eigenvalue weighted by Crippen LogP contribution is 2.32. The van der Waals surface area contributed by atoms with Crippen LogP contribution in [0.4, 0.5) is 11.4 Å². The van der Waals surface area contributed by atoms with Crippen LogP contribution in [0, 0.1) is 10.1 Å². The zero-order valence-electron chi connectivity index (χ0n) is 14.2. The van der Waals surface area contributed by atoms with Crippen LogP contribution in [0.5, 0.6) is 5.75 Å². The van der Waals surface area contributed by atoms with Gasteiger partial charge in [-0.3, -0.25) is 15.1 Å². The highest BCUT2D eigenvalue weighted by atomic mass is 16.6. The Labute approximate surface area is 145 Å². The Morgan fingerprint density at radius 3 is 2.72 bits per heavy atom. The summed E-state index contributed by atoms with van der Waals surface area (Å²) in [6, 6.07) is 13.1. The quantitative estimate of drug-likeness (QED) is 0.505. The van der Waals surface area contributed by atoms with Crippen LogP contribution < -0.4 is 9.64 Å². The average molecular weight is 337 g/mol. The Kier molecular flexibility index (Phi) is 4.79. The summed E-state index contributed by atoms with van der Waals surface area (Å²) in [5.41, 5.74) is 2.15. The fraction of sp³-hybridized carbons (Fsp3) is 0.211. The number of likely N-dealkylation sites (N-methyl/N-ethyl adjacent to an activating group) is 1. The normalized spacial score (nSPS) is 10.6. The molecule has 1 heterocycles. The summed E-state index contributed by atoms with van der Waals surface area (Å²) in [4.78, 5) is 17.0. The van der Waals surface area contributed by atoms with E-state index in [-0.39, 0.29) is 10.6 Å². The van der Waals surface area contributed by atoms with Crippen molar-refractivity contribution >= 4 is 22.1 Å². The summed E-state index contributed by atoms with van der Waals surface area (Å²) in [7, 11) is 3.65. The molecule has 128 valence electrons. The van der Waals surface area contributed by atoms with Gasteiger partial charge in [0.25, 0.3) is 5.69 Å². The maximum Gasteiger partial charge on any atom is 0.278 e. The van der Waals surface area contributed by atoms with E-state index in [1.54, 1.807) is 31.6 Å². The molecule has 0 aliphatic carbocycles. The zero-order valence-corrected chi connectivity index (χ0v) is 14.2. The fourth-order valence-electron chi connectivity index (χ4n) is 2.97. The highest BCUT2D eigenvalue weighted by molar-refractivity contribution is 5.99. The maximum atomic E-state index is 11.2. The van der Waals surface area contributed by atoms with Gasteiger partial charge in [0.1, 0.15) is 5.75 Å². The third-order valence-electron chi connectivity index (χ3n) is 4.29. The molecular formula is C19H19N3O3. The van der Waals surface area contributed by atoms with Gasteiger partial charge in [-0.05, 0) is 30.2 Å². The second-order valence-corrected chi connectivity index (χ2v) is 5.77. The lowest BCUT2D eigenvalue weighted by Gasteiger charge is -2.21. The Balaban J connectivity index is 1.89. The molecule has 0 saturated carbocycles. The first-order valence-electron chi connectivity index (χ1n) is 7.96. The van der Waals surface area contributed by atoms with Crippen molar-refractivity contribution in [2.45, 2.75) is 6.42 Å². The average Bonchev–Trinajstić information content (AvgIpc) is 2.65. The molecule has 0 saturated heterocycles. The number of aromatic nitrogens is 1. The summed E-state index contributed by atoms with van der Waals surface area (Å²) in [5, 5.41) is 12.6. The molecule has 0 N–H and O–H groups in total. The van der Waals surface area contributed by atoms with Crippen LogP contribution in [-0.4, -0.2) is 30.6 Å². The number of methoxy groups -OCH3 is 1. The van der Waals surface area contributed by atoms with Gasteiger partial charge < -0.3 is 9.64 Å². The number of nitro benzene ring substituents is 1. The third-order valence-corrected chi connectivity index (χ3v) is 4.29. The second-order valence-electron chi connectivity index (χ2n) is 5.77. The minimum absolute atomic E-state index is 0.0741. The lowest BCUT2D eigenvalue weighted by atomic mass is 10.1. The number of anilines is 1. The van der Waals surface area contributed by atoms with Crippen LogP contribution in [0.2, 0.25) is 0 Å². The molecule has 3 rings (SSSR count).